The molecule has 10 heteroatoms. The number of hydrogen-bond donors (Lipinski definition) is 6. The minimum Gasteiger partial charge on any atom is -0.480 e. The van der Waals surface area contributed by atoms with Gasteiger partial charge in [0.15, 0.2) is 0 Å². The summed E-state index contributed by atoms with van der Waals surface area (Å²) in [4.78, 5) is 10.5. The van der Waals surface area contributed by atoms with Crippen LogP contribution in [0.25, 0.3) is 0 Å². The highest BCUT2D eigenvalue weighted by atomic mass is 19.3. The SMILES string of the molecule is N[C@H](CC(F)(F)[C@H]1O[C@H](CO)[C@H](O)[C@H](O)[C@H]1O)C(=O)O. The van der Waals surface area contributed by atoms with Crippen LogP contribution in [0.4, 0.5) is 8.78 Å². The van der Waals surface area contributed by atoms with Crippen LogP contribution < -0.4 is 5.73 Å². The molecule has 1 heterocycles. The van der Waals surface area contributed by atoms with Gasteiger partial charge in [0.2, 0.25) is 0 Å². The summed E-state index contributed by atoms with van der Waals surface area (Å²) in [5.74, 6) is -5.53. The molecule has 1 fully saturated rings. The van der Waals surface area contributed by atoms with Crippen LogP contribution in [-0.4, -0.2) is 80.6 Å². The number of carboxylic acids is 1. The molecular weight excluding hydrogens is 284 g/mol. The summed E-state index contributed by atoms with van der Waals surface area (Å²) in [6, 6.07) is -1.89. The second-order valence-corrected chi connectivity index (χ2v) is 4.66. The van der Waals surface area contributed by atoms with E-state index in [9.17, 15) is 28.9 Å². The Hall–Kier alpha value is -0.910. The van der Waals surface area contributed by atoms with Crippen LogP contribution in [0.15, 0.2) is 0 Å². The third-order valence-corrected chi connectivity index (χ3v) is 3.12. The van der Waals surface area contributed by atoms with E-state index >= 15 is 0 Å². The lowest BCUT2D eigenvalue weighted by Crippen LogP contribution is -2.63. The van der Waals surface area contributed by atoms with E-state index in [-0.39, 0.29) is 0 Å². The third kappa shape index (κ3) is 3.40. The number of alkyl halides is 2. The molecule has 20 heavy (non-hydrogen) atoms. The number of aliphatic hydroxyl groups is 4. The molecule has 1 aliphatic heterocycles. The van der Waals surface area contributed by atoms with E-state index in [2.05, 4.69) is 4.74 Å². The van der Waals surface area contributed by atoms with Gasteiger partial charge in [-0.05, 0) is 0 Å². The molecule has 0 amide bonds. The molecule has 0 radical (unpaired) electrons. The van der Waals surface area contributed by atoms with Crippen molar-refractivity contribution in [2.75, 3.05) is 6.61 Å². The molecule has 1 rings (SSSR count). The molecular formula is C10H17F2NO7. The van der Waals surface area contributed by atoms with Gasteiger partial charge in [-0.25, -0.2) is 8.78 Å². The lowest BCUT2D eigenvalue weighted by atomic mass is 9.89. The average molecular weight is 301 g/mol. The first kappa shape index (κ1) is 17.1. The Morgan fingerprint density at radius 2 is 1.80 bits per heavy atom. The van der Waals surface area contributed by atoms with Gasteiger partial charge >= 0.3 is 5.97 Å². The highest BCUT2D eigenvalue weighted by Crippen LogP contribution is 2.34. The predicted molar refractivity (Wildman–Crippen MR) is 58.9 cm³/mol. The number of carbonyl (C=O) groups is 1. The minimum absolute atomic E-state index is 0.859. The zero-order valence-electron chi connectivity index (χ0n) is 10.3. The molecule has 118 valence electrons. The summed E-state index contributed by atoms with van der Waals surface area (Å²) >= 11 is 0. The number of hydrogen-bond acceptors (Lipinski definition) is 7. The van der Waals surface area contributed by atoms with Crippen molar-refractivity contribution in [3.8, 4) is 0 Å². The molecule has 0 aliphatic carbocycles. The van der Waals surface area contributed by atoms with Gasteiger partial charge in [-0.3, -0.25) is 4.79 Å². The van der Waals surface area contributed by atoms with Crippen LogP contribution in [-0.2, 0) is 9.53 Å². The van der Waals surface area contributed by atoms with Gasteiger partial charge in [-0.15, -0.1) is 0 Å². The fourth-order valence-electron chi connectivity index (χ4n) is 1.95. The Balaban J connectivity index is 2.89. The number of ether oxygens (including phenoxy) is 1. The Kier molecular flexibility index (Phi) is 5.35. The van der Waals surface area contributed by atoms with Gasteiger partial charge in [-0.2, -0.15) is 0 Å². The highest BCUT2D eigenvalue weighted by molar-refractivity contribution is 5.73. The quantitative estimate of drug-likeness (QED) is 0.320. The lowest BCUT2D eigenvalue weighted by molar-refractivity contribution is -0.282. The monoisotopic (exact) mass is 301 g/mol. The van der Waals surface area contributed by atoms with Gasteiger partial charge in [0, 0.05) is 6.42 Å². The van der Waals surface area contributed by atoms with Crippen molar-refractivity contribution in [3.05, 3.63) is 0 Å². The first-order valence-electron chi connectivity index (χ1n) is 5.78. The first-order chi connectivity index (χ1) is 9.11. The summed E-state index contributed by atoms with van der Waals surface area (Å²) in [5.41, 5.74) is 5.01. The zero-order chi connectivity index (χ0) is 15.7. The van der Waals surface area contributed by atoms with Crippen LogP contribution in [0, 0.1) is 0 Å². The van der Waals surface area contributed by atoms with Crippen LogP contribution in [0.3, 0.4) is 0 Å². The van der Waals surface area contributed by atoms with Gasteiger partial charge in [0.25, 0.3) is 5.92 Å². The number of rotatable bonds is 5. The average Bonchev–Trinajstić information content (AvgIpc) is 2.35. The molecule has 0 aromatic carbocycles. The molecule has 6 atom stereocenters. The summed E-state index contributed by atoms with van der Waals surface area (Å²) in [6.07, 6.45) is -11.0. The van der Waals surface area contributed by atoms with E-state index in [1.165, 1.54) is 0 Å². The topological polar surface area (TPSA) is 153 Å². The van der Waals surface area contributed by atoms with Crippen LogP contribution >= 0.6 is 0 Å². The molecule has 1 saturated heterocycles. The first-order valence-corrected chi connectivity index (χ1v) is 5.78. The van der Waals surface area contributed by atoms with Gasteiger partial charge in [0.05, 0.1) is 6.61 Å². The van der Waals surface area contributed by atoms with Crippen molar-refractivity contribution in [1.29, 1.82) is 0 Å². The van der Waals surface area contributed by atoms with Crippen LogP contribution in [0.2, 0.25) is 0 Å². The second kappa shape index (κ2) is 6.24. The fraction of sp³-hybridized carbons (Fsp3) is 0.900. The maximum absolute atomic E-state index is 13.9. The maximum Gasteiger partial charge on any atom is 0.320 e. The van der Waals surface area contributed by atoms with E-state index < -0.39 is 61.5 Å². The molecule has 0 bridgehead atoms. The summed E-state index contributed by atoms with van der Waals surface area (Å²) in [6.45, 7) is -0.859. The Morgan fingerprint density at radius 1 is 1.25 bits per heavy atom. The summed E-state index contributed by atoms with van der Waals surface area (Å²) in [5, 5.41) is 45.8. The molecule has 0 saturated carbocycles. The number of carboxylic acid groups (broad SMARTS) is 1. The van der Waals surface area contributed by atoms with Crippen LogP contribution in [0.1, 0.15) is 6.42 Å². The predicted octanol–water partition coefficient (Wildman–Crippen LogP) is -2.73. The Labute approximate surface area is 112 Å². The van der Waals surface area contributed by atoms with Gasteiger partial charge < -0.3 is 36.0 Å². The minimum atomic E-state index is -3.87. The normalized spacial score (nSPS) is 36.6. The standard InChI is InChI=1S/C10H17F2NO7/c11-10(12,1-3(13)9(18)19)8-7(17)6(16)5(15)4(2-14)20-8/h3-8,14-17H,1-2,13H2,(H,18,19)/t3-,4-,5+,6+,7-,8+/m1/s1. The number of nitrogens with two attached hydrogens (primary N) is 1. The summed E-state index contributed by atoms with van der Waals surface area (Å²) in [7, 11) is 0. The molecule has 0 spiro atoms. The van der Waals surface area contributed by atoms with Crippen molar-refractivity contribution in [3.63, 3.8) is 0 Å². The molecule has 0 aromatic rings. The van der Waals surface area contributed by atoms with E-state index in [0.717, 1.165) is 0 Å². The molecule has 8 nitrogen and oxygen atoms in total. The van der Waals surface area contributed by atoms with Crippen LogP contribution in [0.5, 0.6) is 0 Å². The van der Waals surface area contributed by atoms with Crippen molar-refractivity contribution in [1.82, 2.24) is 0 Å². The summed E-state index contributed by atoms with van der Waals surface area (Å²) < 4.78 is 32.4. The van der Waals surface area contributed by atoms with Crippen molar-refractivity contribution >= 4 is 5.97 Å². The van der Waals surface area contributed by atoms with Crippen molar-refractivity contribution in [2.45, 2.75) is 48.9 Å². The zero-order valence-corrected chi connectivity index (χ0v) is 10.3. The number of aliphatic hydroxyl groups excluding tert-OH is 4. The number of aliphatic carboxylic acids is 1. The van der Waals surface area contributed by atoms with E-state index in [0.29, 0.717) is 0 Å². The Morgan fingerprint density at radius 3 is 2.25 bits per heavy atom. The lowest BCUT2D eigenvalue weighted by Gasteiger charge is -2.43. The third-order valence-electron chi connectivity index (χ3n) is 3.12. The Bertz CT molecular complexity index is 354. The van der Waals surface area contributed by atoms with Crippen molar-refractivity contribution in [2.24, 2.45) is 5.73 Å². The van der Waals surface area contributed by atoms with E-state index in [1.807, 2.05) is 0 Å². The number of halogens is 2. The fourth-order valence-corrected chi connectivity index (χ4v) is 1.95. The second-order valence-electron chi connectivity index (χ2n) is 4.66. The smallest absolute Gasteiger partial charge is 0.320 e. The maximum atomic E-state index is 13.9. The van der Waals surface area contributed by atoms with Crippen molar-refractivity contribution < 1.29 is 43.8 Å². The molecule has 7 N–H and O–H groups in total. The van der Waals surface area contributed by atoms with E-state index in [1.54, 1.807) is 0 Å². The molecule has 0 unspecified atom stereocenters. The molecule has 1 aliphatic rings. The highest BCUT2D eigenvalue weighted by Gasteiger charge is 2.55. The largest absolute Gasteiger partial charge is 0.480 e. The van der Waals surface area contributed by atoms with Gasteiger partial charge in [0.1, 0.15) is 36.6 Å². The molecule has 0 aromatic heterocycles. The van der Waals surface area contributed by atoms with E-state index in [4.69, 9.17) is 15.9 Å². The van der Waals surface area contributed by atoms with Gasteiger partial charge in [-0.1, -0.05) is 0 Å².